The maximum atomic E-state index is 13.9. The lowest BCUT2D eigenvalue weighted by Gasteiger charge is -2.32. The number of aromatic nitrogens is 4. The number of hydrogen-bond acceptors (Lipinski definition) is 8. The molecule has 3 atom stereocenters. The van der Waals surface area contributed by atoms with E-state index in [4.69, 9.17) is 15.2 Å². The molecule has 0 bridgehead atoms. The molecule has 2 unspecified atom stereocenters. The molecule has 0 fully saturated rings. The molecule has 190 valence electrons. The Kier molecular flexibility index (Phi) is 8.11. The van der Waals surface area contributed by atoms with Crippen LogP contribution >= 0.6 is 7.44 Å². The standard InChI is InChI=1S/C22H32N7O5P/c1-14(10-29-12-26-18-19(23)24-11-25-20(18)29)34-13-35(32,28-22(3,4)21(30)31)27-15(2)16-6-8-17(33-5)9-7-16/h6-9,11-12,14-15H,10,13H2,1-5H3,(H,30,31)(H2,23,24,25)(H2,27,28,32)/t14?,15-,35?/m1/s1. The average Bonchev–Trinajstić information content (AvgIpc) is 3.21. The summed E-state index contributed by atoms with van der Waals surface area (Å²) in [5.74, 6) is -0.152. The van der Waals surface area contributed by atoms with Crippen LogP contribution in [0, 0.1) is 0 Å². The highest BCUT2D eigenvalue weighted by Crippen LogP contribution is 2.42. The summed E-state index contributed by atoms with van der Waals surface area (Å²) >= 11 is 0. The van der Waals surface area contributed by atoms with Crippen molar-refractivity contribution in [3.05, 3.63) is 42.5 Å². The predicted molar refractivity (Wildman–Crippen MR) is 132 cm³/mol. The number of hydrogen-bond donors (Lipinski definition) is 4. The Morgan fingerprint density at radius 1 is 1.23 bits per heavy atom. The van der Waals surface area contributed by atoms with Gasteiger partial charge in [-0.15, -0.1) is 0 Å². The number of anilines is 1. The molecule has 0 aliphatic carbocycles. The number of fused-ring (bicyclic) bond motifs is 1. The number of nitrogens with two attached hydrogens (primary N) is 1. The number of imidazole rings is 1. The molecule has 13 heteroatoms. The quantitative estimate of drug-likeness (QED) is 0.267. The van der Waals surface area contributed by atoms with Crippen molar-refractivity contribution >= 4 is 30.4 Å². The molecule has 0 aliphatic rings. The van der Waals surface area contributed by atoms with Gasteiger partial charge in [-0.3, -0.25) is 9.36 Å². The van der Waals surface area contributed by atoms with E-state index in [1.165, 1.54) is 20.2 Å². The maximum Gasteiger partial charge on any atom is 0.323 e. The Hall–Kier alpha value is -3.05. The summed E-state index contributed by atoms with van der Waals surface area (Å²) in [7, 11) is -1.96. The molecule has 0 amide bonds. The van der Waals surface area contributed by atoms with Crippen LogP contribution in [0.1, 0.15) is 39.3 Å². The lowest BCUT2D eigenvalue weighted by Crippen LogP contribution is -2.47. The van der Waals surface area contributed by atoms with Crippen molar-refractivity contribution in [2.45, 2.75) is 51.9 Å². The van der Waals surface area contributed by atoms with E-state index in [-0.39, 0.29) is 18.2 Å². The first-order valence-corrected chi connectivity index (χ1v) is 12.9. The van der Waals surface area contributed by atoms with Gasteiger partial charge in [0.15, 0.2) is 11.5 Å². The molecule has 0 spiro atoms. The van der Waals surface area contributed by atoms with Crippen molar-refractivity contribution < 1.29 is 23.9 Å². The minimum atomic E-state index is -3.54. The fourth-order valence-corrected chi connectivity index (χ4v) is 5.92. The van der Waals surface area contributed by atoms with Gasteiger partial charge < -0.3 is 24.9 Å². The number of nitrogen functional groups attached to an aromatic ring is 1. The van der Waals surface area contributed by atoms with Crippen molar-refractivity contribution in [2.24, 2.45) is 0 Å². The van der Waals surface area contributed by atoms with Gasteiger partial charge in [-0.05, 0) is 45.4 Å². The van der Waals surface area contributed by atoms with E-state index in [9.17, 15) is 14.5 Å². The minimum Gasteiger partial charge on any atom is -0.497 e. The van der Waals surface area contributed by atoms with E-state index >= 15 is 0 Å². The van der Waals surface area contributed by atoms with Crippen molar-refractivity contribution in [2.75, 3.05) is 19.2 Å². The molecule has 3 rings (SSSR count). The number of carboxylic acids is 1. The predicted octanol–water partition coefficient (Wildman–Crippen LogP) is 2.78. The van der Waals surface area contributed by atoms with Crippen LogP contribution in [0.15, 0.2) is 36.9 Å². The summed E-state index contributed by atoms with van der Waals surface area (Å²) < 4.78 is 26.8. The van der Waals surface area contributed by atoms with Crippen LogP contribution in [0.25, 0.3) is 11.2 Å². The van der Waals surface area contributed by atoms with Gasteiger partial charge in [0.1, 0.15) is 29.5 Å². The summed E-state index contributed by atoms with van der Waals surface area (Å²) in [6, 6.07) is 6.95. The number of carbonyl (C=O) groups is 1. The maximum absolute atomic E-state index is 13.9. The highest BCUT2D eigenvalue weighted by Gasteiger charge is 2.37. The molecule has 35 heavy (non-hydrogen) atoms. The Morgan fingerprint density at radius 2 is 1.91 bits per heavy atom. The molecule has 5 N–H and O–H groups in total. The van der Waals surface area contributed by atoms with Crippen molar-refractivity contribution in [1.29, 1.82) is 0 Å². The van der Waals surface area contributed by atoms with E-state index in [1.807, 2.05) is 26.0 Å². The monoisotopic (exact) mass is 505 g/mol. The minimum absolute atomic E-state index is 0.241. The second-order valence-corrected chi connectivity index (χ2v) is 11.1. The number of ether oxygens (including phenoxy) is 2. The first-order valence-electron chi connectivity index (χ1n) is 11.0. The molecule has 2 aromatic heterocycles. The molecule has 12 nitrogen and oxygen atoms in total. The lowest BCUT2D eigenvalue weighted by atomic mass is 10.1. The van der Waals surface area contributed by atoms with Crippen LogP contribution < -0.4 is 20.6 Å². The molecule has 0 radical (unpaired) electrons. The SMILES string of the molecule is COc1ccc([C@@H](C)NP(=O)(COC(C)Cn2cnc3c(N)ncnc32)NC(C)(C)C(=O)O)cc1. The second-order valence-electron chi connectivity index (χ2n) is 8.84. The summed E-state index contributed by atoms with van der Waals surface area (Å²) in [6.45, 7) is 6.92. The van der Waals surface area contributed by atoms with Crippen LogP contribution in [0.4, 0.5) is 5.82 Å². The van der Waals surface area contributed by atoms with E-state index in [0.717, 1.165) is 5.56 Å². The first kappa shape index (κ1) is 26.6. The summed E-state index contributed by atoms with van der Waals surface area (Å²) in [5.41, 5.74) is 6.30. The van der Waals surface area contributed by atoms with Gasteiger partial charge in [0.2, 0.25) is 7.44 Å². The second kappa shape index (κ2) is 10.7. The highest BCUT2D eigenvalue weighted by molar-refractivity contribution is 7.59. The zero-order valence-corrected chi connectivity index (χ0v) is 21.3. The molecule has 0 aliphatic heterocycles. The van der Waals surface area contributed by atoms with E-state index in [2.05, 4.69) is 25.1 Å². The number of nitrogens with one attached hydrogen (secondary N) is 2. The Labute approximate surface area is 203 Å². The zero-order chi connectivity index (χ0) is 25.8. The van der Waals surface area contributed by atoms with E-state index < -0.39 is 25.1 Å². The smallest absolute Gasteiger partial charge is 0.323 e. The normalized spacial score (nSPS) is 15.5. The molecule has 3 aromatic rings. The fourth-order valence-electron chi connectivity index (χ4n) is 3.48. The molecular weight excluding hydrogens is 473 g/mol. The third-order valence-corrected chi connectivity index (χ3v) is 7.67. The number of rotatable bonds is 12. The van der Waals surface area contributed by atoms with Gasteiger partial charge in [-0.25, -0.2) is 25.1 Å². The Morgan fingerprint density at radius 3 is 2.54 bits per heavy atom. The largest absolute Gasteiger partial charge is 0.497 e. The van der Waals surface area contributed by atoms with Crippen LogP contribution in [0.5, 0.6) is 5.75 Å². The van der Waals surface area contributed by atoms with Gasteiger partial charge in [0, 0.05) is 6.04 Å². The highest BCUT2D eigenvalue weighted by atomic mass is 31.2. The van der Waals surface area contributed by atoms with Crippen molar-refractivity contribution in [3.63, 3.8) is 0 Å². The third kappa shape index (κ3) is 6.55. The summed E-state index contributed by atoms with van der Waals surface area (Å²) in [5, 5.41) is 15.4. The molecular formula is C22H32N7O5P. The van der Waals surface area contributed by atoms with Gasteiger partial charge >= 0.3 is 5.97 Å². The van der Waals surface area contributed by atoms with Crippen LogP contribution in [0.2, 0.25) is 0 Å². The van der Waals surface area contributed by atoms with E-state index in [1.54, 1.807) is 30.1 Å². The Balaban J connectivity index is 1.74. The van der Waals surface area contributed by atoms with Crippen LogP contribution in [0.3, 0.4) is 0 Å². The van der Waals surface area contributed by atoms with Gasteiger partial charge in [0.05, 0.1) is 26.1 Å². The number of carboxylic acid groups (broad SMARTS) is 1. The van der Waals surface area contributed by atoms with Crippen LogP contribution in [-0.4, -0.2) is 55.7 Å². The lowest BCUT2D eigenvalue weighted by molar-refractivity contribution is -0.142. The number of nitrogens with zero attached hydrogens (tertiary/aromatic N) is 4. The fraction of sp³-hybridized carbons (Fsp3) is 0.455. The first-order chi connectivity index (χ1) is 16.4. The van der Waals surface area contributed by atoms with E-state index in [0.29, 0.717) is 23.5 Å². The molecule has 1 aromatic carbocycles. The Bertz CT molecular complexity index is 1210. The number of benzene rings is 1. The summed E-state index contributed by atoms with van der Waals surface area (Å²) in [6.07, 6.45) is 2.31. The molecule has 0 saturated heterocycles. The number of aliphatic carboxylic acids is 1. The van der Waals surface area contributed by atoms with Crippen LogP contribution in [-0.2, 0) is 20.6 Å². The summed E-state index contributed by atoms with van der Waals surface area (Å²) in [4.78, 5) is 24.1. The van der Waals surface area contributed by atoms with Crippen molar-refractivity contribution in [1.82, 2.24) is 29.7 Å². The average molecular weight is 506 g/mol. The third-order valence-electron chi connectivity index (χ3n) is 5.44. The number of methoxy groups -OCH3 is 1. The van der Waals surface area contributed by atoms with Gasteiger partial charge in [-0.1, -0.05) is 12.1 Å². The topological polar surface area (TPSA) is 167 Å². The molecule has 0 saturated carbocycles. The van der Waals surface area contributed by atoms with Crippen molar-refractivity contribution in [3.8, 4) is 5.75 Å². The molecule has 2 heterocycles. The van der Waals surface area contributed by atoms with Gasteiger partial charge in [0.25, 0.3) is 0 Å². The van der Waals surface area contributed by atoms with Gasteiger partial charge in [-0.2, -0.15) is 0 Å². The zero-order valence-electron chi connectivity index (χ0n) is 20.4.